The molecule has 5 heteroatoms. The highest BCUT2D eigenvalue weighted by atomic mass is 16.5. The molecule has 94 valence electrons. The van der Waals surface area contributed by atoms with Crippen LogP contribution in [0.15, 0.2) is 0 Å². The number of aromatic nitrogens is 3. The Bertz CT molecular complexity index is 384. The van der Waals surface area contributed by atoms with Crippen LogP contribution < -0.4 is 5.73 Å². The monoisotopic (exact) mass is 236 g/mol. The Hall–Kier alpha value is -0.940. The molecule has 0 bridgehead atoms. The molecule has 0 spiro atoms. The molecule has 1 aromatic heterocycles. The fraction of sp³-hybridized carbons (Fsp3) is 0.833. The lowest BCUT2D eigenvalue weighted by Crippen LogP contribution is -2.28. The van der Waals surface area contributed by atoms with Crippen molar-refractivity contribution in [3.8, 4) is 0 Å². The minimum absolute atomic E-state index is 0.349. The third-order valence-corrected chi connectivity index (χ3v) is 3.89. The number of hydrogen-bond donors (Lipinski definition) is 1. The van der Waals surface area contributed by atoms with E-state index in [1.165, 1.54) is 6.42 Å². The van der Waals surface area contributed by atoms with Crippen molar-refractivity contribution in [2.24, 2.45) is 11.7 Å². The van der Waals surface area contributed by atoms with Gasteiger partial charge in [0.1, 0.15) is 11.6 Å². The molecule has 0 aromatic carbocycles. The van der Waals surface area contributed by atoms with Crippen LogP contribution in [-0.2, 0) is 24.1 Å². The van der Waals surface area contributed by atoms with Crippen LogP contribution in [0.3, 0.4) is 0 Å². The van der Waals surface area contributed by atoms with Gasteiger partial charge >= 0.3 is 0 Å². The predicted octanol–water partition coefficient (Wildman–Crippen LogP) is 0.521. The first kappa shape index (κ1) is 11.2. The summed E-state index contributed by atoms with van der Waals surface area (Å²) in [6.07, 6.45) is 5.75. The second-order valence-electron chi connectivity index (χ2n) is 5.12. The van der Waals surface area contributed by atoms with E-state index in [1.807, 2.05) is 0 Å². The summed E-state index contributed by atoms with van der Waals surface area (Å²) in [6.45, 7) is 2.65. The van der Waals surface area contributed by atoms with Crippen LogP contribution >= 0.6 is 0 Å². The van der Waals surface area contributed by atoms with Gasteiger partial charge in [0.2, 0.25) is 0 Å². The lowest BCUT2D eigenvalue weighted by molar-refractivity contribution is 0.108. The van der Waals surface area contributed by atoms with Gasteiger partial charge in [0.15, 0.2) is 0 Å². The summed E-state index contributed by atoms with van der Waals surface area (Å²) in [5, 5.41) is 8.61. The number of ether oxygens (including phenoxy) is 1. The topological polar surface area (TPSA) is 66.0 Å². The van der Waals surface area contributed by atoms with Crippen molar-refractivity contribution in [3.05, 3.63) is 11.6 Å². The molecular formula is C12H20N4O. The Labute approximate surface area is 101 Å². The number of aryl methyl sites for hydroxylation is 1. The van der Waals surface area contributed by atoms with Gasteiger partial charge in [-0.15, -0.1) is 10.2 Å². The van der Waals surface area contributed by atoms with Gasteiger partial charge < -0.3 is 15.0 Å². The third kappa shape index (κ3) is 2.21. The summed E-state index contributed by atoms with van der Waals surface area (Å²) in [6, 6.07) is 0. The third-order valence-electron chi connectivity index (χ3n) is 3.89. The van der Waals surface area contributed by atoms with Crippen molar-refractivity contribution in [2.75, 3.05) is 13.2 Å². The molecular weight excluding hydrogens is 216 g/mol. The molecule has 2 N–H and O–H groups in total. The summed E-state index contributed by atoms with van der Waals surface area (Å²) >= 11 is 0. The molecule has 0 aliphatic carbocycles. The quantitative estimate of drug-likeness (QED) is 0.831. The number of fused-ring (bicyclic) bond motifs is 1. The van der Waals surface area contributed by atoms with E-state index in [9.17, 15) is 0 Å². The molecule has 1 saturated heterocycles. The molecule has 2 aliphatic rings. The Morgan fingerprint density at radius 3 is 3.06 bits per heavy atom. The average Bonchev–Trinajstić information content (AvgIpc) is 2.99. The van der Waals surface area contributed by atoms with Crippen LogP contribution in [0.2, 0.25) is 0 Å². The van der Waals surface area contributed by atoms with Crippen LogP contribution in [0.25, 0.3) is 0 Å². The Kier molecular flexibility index (Phi) is 3.11. The zero-order valence-electron chi connectivity index (χ0n) is 10.1. The molecule has 1 fully saturated rings. The van der Waals surface area contributed by atoms with Gasteiger partial charge in [0.25, 0.3) is 0 Å². The van der Waals surface area contributed by atoms with Crippen LogP contribution in [0.5, 0.6) is 0 Å². The van der Waals surface area contributed by atoms with E-state index in [1.54, 1.807) is 0 Å². The van der Waals surface area contributed by atoms with Gasteiger partial charge in [-0.3, -0.25) is 0 Å². The Morgan fingerprint density at radius 2 is 2.29 bits per heavy atom. The largest absolute Gasteiger partial charge is 0.378 e. The maximum Gasteiger partial charge on any atom is 0.135 e. The molecule has 2 unspecified atom stereocenters. The lowest BCUT2D eigenvalue weighted by Gasteiger charge is -2.23. The fourth-order valence-electron chi connectivity index (χ4n) is 2.80. The molecule has 2 atom stereocenters. The summed E-state index contributed by atoms with van der Waals surface area (Å²) in [5.74, 6) is 2.80. The molecule has 17 heavy (non-hydrogen) atoms. The Balaban J connectivity index is 1.74. The Morgan fingerprint density at radius 1 is 1.35 bits per heavy atom. The van der Waals surface area contributed by atoms with Crippen LogP contribution in [0.1, 0.15) is 30.9 Å². The zero-order valence-corrected chi connectivity index (χ0v) is 10.1. The molecule has 3 heterocycles. The highest BCUT2D eigenvalue weighted by molar-refractivity contribution is 5.01. The van der Waals surface area contributed by atoms with Crippen molar-refractivity contribution in [1.29, 1.82) is 0 Å². The molecule has 2 aliphatic heterocycles. The molecule has 0 radical (unpaired) electrons. The minimum atomic E-state index is 0.349. The number of hydrogen-bond acceptors (Lipinski definition) is 4. The highest BCUT2D eigenvalue weighted by Crippen LogP contribution is 2.22. The van der Waals surface area contributed by atoms with E-state index in [0.29, 0.717) is 12.0 Å². The predicted molar refractivity (Wildman–Crippen MR) is 63.6 cm³/mol. The van der Waals surface area contributed by atoms with Gasteiger partial charge in [-0.05, 0) is 31.7 Å². The molecule has 3 rings (SSSR count). The maximum atomic E-state index is 5.76. The number of nitrogens with zero attached hydrogens (tertiary/aromatic N) is 3. The molecule has 5 nitrogen and oxygen atoms in total. The second-order valence-corrected chi connectivity index (χ2v) is 5.12. The zero-order chi connectivity index (χ0) is 11.7. The summed E-state index contributed by atoms with van der Waals surface area (Å²) in [5.41, 5.74) is 5.76. The fourth-order valence-corrected chi connectivity index (χ4v) is 2.80. The number of rotatable bonds is 3. The van der Waals surface area contributed by atoms with Crippen molar-refractivity contribution in [3.63, 3.8) is 0 Å². The first-order valence-electron chi connectivity index (χ1n) is 6.59. The number of nitrogens with two attached hydrogens (primary N) is 1. The van der Waals surface area contributed by atoms with Gasteiger partial charge in [-0.2, -0.15) is 0 Å². The molecule has 1 aromatic rings. The maximum absolute atomic E-state index is 5.76. The van der Waals surface area contributed by atoms with Crippen LogP contribution in [0.4, 0.5) is 0 Å². The van der Waals surface area contributed by atoms with Crippen LogP contribution in [0, 0.1) is 5.92 Å². The first-order chi connectivity index (χ1) is 8.36. The standard InChI is InChI=1S/C12H20N4O/c13-7-9-3-4-11-14-15-12(16(11)8-9)6-10-2-1-5-17-10/h9-10H,1-8,13H2. The van der Waals surface area contributed by atoms with E-state index >= 15 is 0 Å². The van der Waals surface area contributed by atoms with Crippen molar-refractivity contribution in [2.45, 2.75) is 44.8 Å². The van der Waals surface area contributed by atoms with Crippen molar-refractivity contribution >= 4 is 0 Å². The molecule has 0 saturated carbocycles. The van der Waals surface area contributed by atoms with Gasteiger partial charge in [0.05, 0.1) is 6.10 Å². The second kappa shape index (κ2) is 4.74. The van der Waals surface area contributed by atoms with Gasteiger partial charge in [-0.25, -0.2) is 0 Å². The summed E-state index contributed by atoms with van der Waals surface area (Å²) < 4.78 is 7.93. The normalized spacial score (nSPS) is 28.3. The first-order valence-corrected chi connectivity index (χ1v) is 6.59. The molecule has 0 amide bonds. The SMILES string of the molecule is NCC1CCc2nnc(CC3CCCO3)n2C1. The highest BCUT2D eigenvalue weighted by Gasteiger charge is 2.24. The summed E-state index contributed by atoms with van der Waals surface area (Å²) in [4.78, 5) is 0. The van der Waals surface area contributed by atoms with E-state index in [0.717, 1.165) is 57.0 Å². The minimum Gasteiger partial charge on any atom is -0.378 e. The lowest BCUT2D eigenvalue weighted by atomic mass is 9.99. The van der Waals surface area contributed by atoms with E-state index in [4.69, 9.17) is 10.5 Å². The van der Waals surface area contributed by atoms with Gasteiger partial charge in [0, 0.05) is 26.0 Å². The van der Waals surface area contributed by atoms with Gasteiger partial charge in [-0.1, -0.05) is 0 Å². The average molecular weight is 236 g/mol. The van der Waals surface area contributed by atoms with Crippen molar-refractivity contribution in [1.82, 2.24) is 14.8 Å². The van der Waals surface area contributed by atoms with E-state index in [-0.39, 0.29) is 0 Å². The summed E-state index contributed by atoms with van der Waals surface area (Å²) in [7, 11) is 0. The van der Waals surface area contributed by atoms with Crippen molar-refractivity contribution < 1.29 is 4.74 Å². The smallest absolute Gasteiger partial charge is 0.135 e. The van der Waals surface area contributed by atoms with Crippen LogP contribution in [-0.4, -0.2) is 34.0 Å². The van der Waals surface area contributed by atoms with E-state index < -0.39 is 0 Å². The van der Waals surface area contributed by atoms with E-state index in [2.05, 4.69) is 14.8 Å².